The maximum atomic E-state index is 5.92. The van der Waals surface area contributed by atoms with E-state index in [4.69, 9.17) is 10.5 Å². The molecule has 0 spiro atoms. The topological polar surface area (TPSA) is 63.7 Å². The van der Waals surface area contributed by atoms with Crippen LogP contribution in [0.15, 0.2) is 10.5 Å². The van der Waals surface area contributed by atoms with E-state index in [1.54, 1.807) is 11.3 Å². The highest BCUT2D eigenvalue weighted by Crippen LogP contribution is 2.13. The minimum Gasteiger partial charge on any atom is -0.378 e. The molecule has 2 N–H and O–H groups in total. The first-order chi connectivity index (χ1) is 7.77. The third-order valence-corrected chi connectivity index (χ3v) is 3.48. The molecule has 0 bridgehead atoms. The Kier molecular flexibility index (Phi) is 6.14. The van der Waals surface area contributed by atoms with Gasteiger partial charge in [0.15, 0.2) is 5.96 Å². The van der Waals surface area contributed by atoms with Gasteiger partial charge in [-0.25, -0.2) is 9.98 Å². The van der Waals surface area contributed by atoms with Crippen molar-refractivity contribution in [3.8, 4) is 0 Å². The van der Waals surface area contributed by atoms with E-state index in [0.29, 0.717) is 12.5 Å². The predicted molar refractivity (Wildman–Crippen MR) is 80.0 cm³/mol. The predicted octanol–water partition coefficient (Wildman–Crippen LogP) is 1.22. The molecule has 0 radical (unpaired) electrons. The standard InChI is InChI=1S/C10H16N4OS.HI/c1-8-9(16-7-13-8)6-12-10(11)14-2-4-15-5-3-14;/h7H,2-6H2,1H3,(H2,11,12);1H. The summed E-state index contributed by atoms with van der Waals surface area (Å²) in [5.74, 6) is 0.608. The van der Waals surface area contributed by atoms with E-state index in [9.17, 15) is 0 Å². The molecule has 0 aromatic carbocycles. The molecule has 17 heavy (non-hydrogen) atoms. The Morgan fingerprint density at radius 2 is 2.29 bits per heavy atom. The second-order valence-corrected chi connectivity index (χ2v) is 4.57. The van der Waals surface area contributed by atoms with Gasteiger partial charge >= 0.3 is 0 Å². The average Bonchev–Trinajstić information content (AvgIpc) is 2.73. The average molecular weight is 368 g/mol. The molecule has 1 aliphatic heterocycles. The van der Waals surface area contributed by atoms with Crippen LogP contribution in [0.2, 0.25) is 0 Å². The number of nitrogens with zero attached hydrogens (tertiary/aromatic N) is 3. The lowest BCUT2D eigenvalue weighted by Crippen LogP contribution is -2.44. The van der Waals surface area contributed by atoms with Crippen LogP contribution in [-0.2, 0) is 11.3 Å². The molecule has 5 nitrogen and oxygen atoms in total. The first kappa shape index (κ1) is 14.7. The molecule has 1 aromatic heterocycles. The fourth-order valence-electron chi connectivity index (χ4n) is 1.52. The monoisotopic (exact) mass is 368 g/mol. The Morgan fingerprint density at radius 3 is 2.88 bits per heavy atom. The van der Waals surface area contributed by atoms with Gasteiger partial charge in [0.2, 0.25) is 0 Å². The summed E-state index contributed by atoms with van der Waals surface area (Å²) in [4.78, 5) is 11.8. The van der Waals surface area contributed by atoms with E-state index < -0.39 is 0 Å². The van der Waals surface area contributed by atoms with Crippen molar-refractivity contribution in [2.75, 3.05) is 26.3 Å². The molecule has 0 amide bonds. The van der Waals surface area contributed by atoms with Gasteiger partial charge in [0.1, 0.15) is 0 Å². The molecule has 0 saturated carbocycles. The second kappa shape index (κ2) is 7.12. The Morgan fingerprint density at radius 1 is 1.59 bits per heavy atom. The molecule has 0 unspecified atom stereocenters. The van der Waals surface area contributed by atoms with Gasteiger partial charge in [-0.15, -0.1) is 35.3 Å². The summed E-state index contributed by atoms with van der Waals surface area (Å²) in [6.45, 7) is 5.74. The zero-order chi connectivity index (χ0) is 11.4. The fourth-order valence-corrected chi connectivity index (χ4v) is 2.22. The van der Waals surface area contributed by atoms with Crippen molar-refractivity contribution < 1.29 is 4.74 Å². The zero-order valence-corrected chi connectivity index (χ0v) is 12.9. The number of halogens is 1. The molecule has 7 heteroatoms. The molecule has 1 saturated heterocycles. The van der Waals surface area contributed by atoms with Crippen molar-refractivity contribution in [1.29, 1.82) is 0 Å². The lowest BCUT2D eigenvalue weighted by molar-refractivity contribution is 0.0674. The summed E-state index contributed by atoms with van der Waals surface area (Å²) in [7, 11) is 0. The number of hydrogen-bond donors (Lipinski definition) is 1. The van der Waals surface area contributed by atoms with Crippen molar-refractivity contribution in [2.24, 2.45) is 10.7 Å². The van der Waals surface area contributed by atoms with Gasteiger partial charge < -0.3 is 15.4 Å². The number of guanidine groups is 1. The van der Waals surface area contributed by atoms with Crippen LogP contribution in [0.3, 0.4) is 0 Å². The largest absolute Gasteiger partial charge is 0.378 e. The van der Waals surface area contributed by atoms with Crippen molar-refractivity contribution in [3.63, 3.8) is 0 Å². The van der Waals surface area contributed by atoms with Crippen molar-refractivity contribution in [3.05, 3.63) is 16.1 Å². The first-order valence-corrected chi connectivity index (χ1v) is 6.17. The Hall–Kier alpha value is -0.410. The van der Waals surface area contributed by atoms with Gasteiger partial charge in [0.25, 0.3) is 0 Å². The number of aliphatic imine (C=N–C) groups is 1. The lowest BCUT2D eigenvalue weighted by atomic mass is 10.4. The highest BCUT2D eigenvalue weighted by molar-refractivity contribution is 14.0. The first-order valence-electron chi connectivity index (χ1n) is 5.29. The highest BCUT2D eigenvalue weighted by Gasteiger charge is 2.12. The Bertz CT molecular complexity index is 376. The number of morpholine rings is 1. The molecule has 1 aliphatic rings. The SMILES string of the molecule is Cc1ncsc1CN=C(N)N1CCOCC1.I. The third-order valence-electron chi connectivity index (χ3n) is 2.56. The van der Waals surface area contributed by atoms with Gasteiger partial charge in [-0.05, 0) is 6.92 Å². The van der Waals surface area contributed by atoms with Crippen LogP contribution in [0.5, 0.6) is 0 Å². The number of aryl methyl sites for hydroxylation is 1. The summed E-state index contributed by atoms with van der Waals surface area (Å²) < 4.78 is 5.26. The number of ether oxygens (including phenoxy) is 1. The van der Waals surface area contributed by atoms with Crippen LogP contribution in [0.25, 0.3) is 0 Å². The highest BCUT2D eigenvalue weighted by atomic mass is 127. The van der Waals surface area contributed by atoms with Gasteiger partial charge in [0, 0.05) is 18.0 Å². The quantitative estimate of drug-likeness (QED) is 0.484. The summed E-state index contributed by atoms with van der Waals surface area (Å²) in [5, 5.41) is 0. The van der Waals surface area contributed by atoms with Crippen LogP contribution in [0.4, 0.5) is 0 Å². The summed E-state index contributed by atoms with van der Waals surface area (Å²) >= 11 is 1.62. The molecule has 1 aromatic rings. The normalized spacial score (nSPS) is 16.8. The molecule has 0 aliphatic carbocycles. The third kappa shape index (κ3) is 4.07. The van der Waals surface area contributed by atoms with Crippen LogP contribution in [0, 0.1) is 6.92 Å². The van der Waals surface area contributed by atoms with Crippen molar-refractivity contribution >= 4 is 41.3 Å². The molecular weight excluding hydrogens is 351 g/mol. The van der Waals surface area contributed by atoms with E-state index >= 15 is 0 Å². The number of thiazole rings is 1. The molecule has 96 valence electrons. The van der Waals surface area contributed by atoms with Crippen LogP contribution in [0.1, 0.15) is 10.6 Å². The fraction of sp³-hybridized carbons (Fsp3) is 0.600. The zero-order valence-electron chi connectivity index (χ0n) is 9.76. The molecule has 2 heterocycles. The van der Waals surface area contributed by atoms with E-state index in [1.807, 2.05) is 12.4 Å². The smallest absolute Gasteiger partial charge is 0.191 e. The maximum absolute atomic E-state index is 5.92. The van der Waals surface area contributed by atoms with Crippen LogP contribution < -0.4 is 5.73 Å². The molecule has 0 atom stereocenters. The maximum Gasteiger partial charge on any atom is 0.191 e. The van der Waals surface area contributed by atoms with Gasteiger partial charge in [-0.1, -0.05) is 0 Å². The minimum atomic E-state index is 0. The van der Waals surface area contributed by atoms with Gasteiger partial charge in [-0.3, -0.25) is 0 Å². The van der Waals surface area contributed by atoms with Crippen LogP contribution in [-0.4, -0.2) is 42.1 Å². The number of hydrogen-bond acceptors (Lipinski definition) is 4. The molecule has 2 rings (SSSR count). The summed E-state index contributed by atoms with van der Waals surface area (Å²) in [6.07, 6.45) is 0. The number of aromatic nitrogens is 1. The summed E-state index contributed by atoms with van der Waals surface area (Å²) in [6, 6.07) is 0. The van der Waals surface area contributed by atoms with E-state index in [0.717, 1.165) is 32.0 Å². The van der Waals surface area contributed by atoms with E-state index in [1.165, 1.54) is 4.88 Å². The van der Waals surface area contributed by atoms with E-state index in [2.05, 4.69) is 14.9 Å². The number of rotatable bonds is 2. The van der Waals surface area contributed by atoms with Crippen molar-refractivity contribution in [1.82, 2.24) is 9.88 Å². The van der Waals surface area contributed by atoms with Crippen LogP contribution >= 0.6 is 35.3 Å². The Labute approximate surface area is 122 Å². The van der Waals surface area contributed by atoms with Crippen molar-refractivity contribution in [2.45, 2.75) is 13.5 Å². The van der Waals surface area contributed by atoms with Gasteiger partial charge in [-0.2, -0.15) is 0 Å². The molecular formula is C10H17IN4OS. The van der Waals surface area contributed by atoms with E-state index in [-0.39, 0.29) is 24.0 Å². The van der Waals surface area contributed by atoms with Gasteiger partial charge in [0.05, 0.1) is 31.0 Å². The Balaban J connectivity index is 0.00000144. The second-order valence-electron chi connectivity index (χ2n) is 3.63. The minimum absolute atomic E-state index is 0. The summed E-state index contributed by atoms with van der Waals surface area (Å²) in [5.41, 5.74) is 8.80. The lowest BCUT2D eigenvalue weighted by Gasteiger charge is -2.27. The number of nitrogens with two attached hydrogens (primary N) is 1. The molecule has 1 fully saturated rings.